The largest absolute Gasteiger partial charge is 0.324 e. The Kier molecular flexibility index (Phi) is 7.06. The van der Waals surface area contributed by atoms with Crippen molar-refractivity contribution in [3.63, 3.8) is 0 Å². The number of nitrogens with one attached hydrogen (secondary N) is 2. The maximum Gasteiger partial charge on any atom is 0.238 e. The van der Waals surface area contributed by atoms with Crippen LogP contribution in [0.1, 0.15) is 37.8 Å². The lowest BCUT2D eigenvalue weighted by atomic mass is 9.97. The summed E-state index contributed by atoms with van der Waals surface area (Å²) in [7, 11) is 0. The fourth-order valence-electron chi connectivity index (χ4n) is 3.28. The van der Waals surface area contributed by atoms with Gasteiger partial charge in [0.1, 0.15) is 0 Å². The third-order valence-electron chi connectivity index (χ3n) is 4.76. The zero-order valence-electron chi connectivity index (χ0n) is 14.8. The van der Waals surface area contributed by atoms with Crippen LogP contribution in [0.4, 0.5) is 5.69 Å². The number of benzene rings is 1. The van der Waals surface area contributed by atoms with Gasteiger partial charge in [0.15, 0.2) is 0 Å². The second-order valence-electron chi connectivity index (χ2n) is 6.54. The number of hydrogen-bond donors (Lipinski definition) is 2. The molecule has 2 rings (SSSR count). The van der Waals surface area contributed by atoms with E-state index in [2.05, 4.69) is 54.5 Å². The molecule has 2 N–H and O–H groups in total. The SMILES string of the molecule is CCNCC1CCN(CC(=O)Nc2c(C)cccc2CC)CC1. The molecular weight excluding hydrogens is 286 g/mol. The van der Waals surface area contributed by atoms with Crippen molar-refractivity contribution in [2.45, 2.75) is 40.0 Å². The number of para-hydroxylation sites is 1. The third kappa shape index (κ3) is 5.33. The number of nitrogens with zero attached hydrogens (tertiary/aromatic N) is 1. The normalized spacial score (nSPS) is 16.5. The van der Waals surface area contributed by atoms with Gasteiger partial charge in [0.05, 0.1) is 6.54 Å². The van der Waals surface area contributed by atoms with Crippen LogP contribution in [0, 0.1) is 12.8 Å². The average Bonchev–Trinajstić information content (AvgIpc) is 2.56. The van der Waals surface area contributed by atoms with Gasteiger partial charge in [0.2, 0.25) is 5.91 Å². The van der Waals surface area contributed by atoms with Gasteiger partial charge in [-0.1, -0.05) is 32.0 Å². The maximum atomic E-state index is 12.4. The second-order valence-corrected chi connectivity index (χ2v) is 6.54. The van der Waals surface area contributed by atoms with Gasteiger partial charge in [-0.05, 0) is 69.4 Å². The van der Waals surface area contributed by atoms with Crippen molar-refractivity contribution in [1.82, 2.24) is 10.2 Å². The van der Waals surface area contributed by atoms with Gasteiger partial charge < -0.3 is 10.6 Å². The lowest BCUT2D eigenvalue weighted by Gasteiger charge is -2.31. The van der Waals surface area contributed by atoms with E-state index in [1.54, 1.807) is 0 Å². The van der Waals surface area contributed by atoms with E-state index in [1.165, 1.54) is 18.4 Å². The van der Waals surface area contributed by atoms with E-state index in [4.69, 9.17) is 0 Å². The Balaban J connectivity index is 1.82. The van der Waals surface area contributed by atoms with Crippen LogP contribution in [0.15, 0.2) is 18.2 Å². The molecule has 0 unspecified atom stereocenters. The van der Waals surface area contributed by atoms with Crippen LogP contribution < -0.4 is 10.6 Å². The van der Waals surface area contributed by atoms with Crippen molar-refractivity contribution in [1.29, 1.82) is 0 Å². The first-order valence-electron chi connectivity index (χ1n) is 8.95. The number of anilines is 1. The molecule has 0 bridgehead atoms. The molecule has 1 aliphatic rings. The van der Waals surface area contributed by atoms with Crippen LogP contribution in [0.2, 0.25) is 0 Å². The molecule has 0 atom stereocenters. The summed E-state index contributed by atoms with van der Waals surface area (Å²) in [6.07, 6.45) is 3.31. The standard InChI is InChI=1S/C19H31N3O/c1-4-17-8-6-7-15(3)19(17)21-18(23)14-22-11-9-16(10-12-22)13-20-5-2/h6-8,16,20H,4-5,9-14H2,1-3H3,(H,21,23). The molecule has 23 heavy (non-hydrogen) atoms. The van der Waals surface area contributed by atoms with E-state index in [0.717, 1.165) is 49.8 Å². The summed E-state index contributed by atoms with van der Waals surface area (Å²) >= 11 is 0. The van der Waals surface area contributed by atoms with E-state index in [1.807, 2.05) is 0 Å². The molecule has 1 fully saturated rings. The molecule has 0 aliphatic carbocycles. The van der Waals surface area contributed by atoms with E-state index < -0.39 is 0 Å². The Morgan fingerprint density at radius 2 is 2.00 bits per heavy atom. The summed E-state index contributed by atoms with van der Waals surface area (Å²) in [4.78, 5) is 14.7. The predicted molar refractivity (Wildman–Crippen MR) is 96.9 cm³/mol. The Morgan fingerprint density at radius 1 is 1.26 bits per heavy atom. The van der Waals surface area contributed by atoms with Gasteiger partial charge in [0.25, 0.3) is 0 Å². The third-order valence-corrected chi connectivity index (χ3v) is 4.76. The molecule has 0 spiro atoms. The van der Waals surface area contributed by atoms with Crippen molar-refractivity contribution < 1.29 is 4.79 Å². The van der Waals surface area contributed by atoms with Crippen molar-refractivity contribution in [2.75, 3.05) is 38.0 Å². The minimum Gasteiger partial charge on any atom is -0.324 e. The van der Waals surface area contributed by atoms with Crippen LogP contribution in [-0.2, 0) is 11.2 Å². The lowest BCUT2D eigenvalue weighted by Crippen LogP contribution is -2.41. The Morgan fingerprint density at radius 3 is 2.65 bits per heavy atom. The lowest BCUT2D eigenvalue weighted by molar-refractivity contribution is -0.117. The zero-order chi connectivity index (χ0) is 16.7. The first-order valence-corrected chi connectivity index (χ1v) is 8.95. The van der Waals surface area contributed by atoms with Crippen LogP contribution in [0.5, 0.6) is 0 Å². The van der Waals surface area contributed by atoms with E-state index in [-0.39, 0.29) is 5.91 Å². The van der Waals surface area contributed by atoms with E-state index in [0.29, 0.717) is 6.54 Å². The van der Waals surface area contributed by atoms with Crippen LogP contribution >= 0.6 is 0 Å². The smallest absolute Gasteiger partial charge is 0.238 e. The highest BCUT2D eigenvalue weighted by molar-refractivity contribution is 5.93. The molecule has 4 heteroatoms. The number of carbonyl (C=O) groups excluding carboxylic acids is 1. The van der Waals surface area contributed by atoms with Crippen LogP contribution in [0.3, 0.4) is 0 Å². The Hall–Kier alpha value is -1.39. The number of amides is 1. The number of aryl methyl sites for hydroxylation is 2. The summed E-state index contributed by atoms with van der Waals surface area (Å²) in [5.74, 6) is 0.872. The van der Waals surface area contributed by atoms with Crippen molar-refractivity contribution in [3.8, 4) is 0 Å². The fraction of sp³-hybridized carbons (Fsp3) is 0.632. The highest BCUT2D eigenvalue weighted by atomic mass is 16.2. The molecule has 0 radical (unpaired) electrons. The summed E-state index contributed by atoms with van der Waals surface area (Å²) < 4.78 is 0. The molecule has 0 saturated carbocycles. The highest BCUT2D eigenvalue weighted by Crippen LogP contribution is 2.21. The van der Waals surface area contributed by atoms with Crippen molar-refractivity contribution >= 4 is 11.6 Å². The first kappa shape index (κ1) is 18.0. The average molecular weight is 317 g/mol. The number of carbonyl (C=O) groups is 1. The topological polar surface area (TPSA) is 44.4 Å². The van der Waals surface area contributed by atoms with Gasteiger partial charge in [0, 0.05) is 5.69 Å². The molecule has 1 aromatic rings. The minimum atomic E-state index is 0.110. The molecule has 1 aliphatic heterocycles. The zero-order valence-corrected chi connectivity index (χ0v) is 14.8. The first-order chi connectivity index (χ1) is 11.1. The monoisotopic (exact) mass is 317 g/mol. The summed E-state index contributed by atoms with van der Waals surface area (Å²) in [5, 5.41) is 6.56. The Bertz CT molecular complexity index is 507. The van der Waals surface area contributed by atoms with Gasteiger partial charge >= 0.3 is 0 Å². The van der Waals surface area contributed by atoms with E-state index >= 15 is 0 Å². The number of hydrogen-bond acceptors (Lipinski definition) is 3. The quantitative estimate of drug-likeness (QED) is 0.813. The predicted octanol–water partition coefficient (Wildman–Crippen LogP) is 2.82. The van der Waals surface area contributed by atoms with E-state index in [9.17, 15) is 4.79 Å². The Labute approximate surface area is 140 Å². The van der Waals surface area contributed by atoms with Crippen LogP contribution in [-0.4, -0.2) is 43.5 Å². The molecule has 1 saturated heterocycles. The molecule has 0 aromatic heterocycles. The highest BCUT2D eigenvalue weighted by Gasteiger charge is 2.20. The molecule has 128 valence electrons. The molecule has 4 nitrogen and oxygen atoms in total. The number of likely N-dealkylation sites (tertiary alicyclic amines) is 1. The van der Waals surface area contributed by atoms with Gasteiger partial charge in [-0.15, -0.1) is 0 Å². The fourth-order valence-corrected chi connectivity index (χ4v) is 3.28. The maximum absolute atomic E-state index is 12.4. The molecule has 1 amide bonds. The summed E-state index contributed by atoms with van der Waals surface area (Å²) in [5.41, 5.74) is 3.35. The van der Waals surface area contributed by atoms with Gasteiger partial charge in [-0.25, -0.2) is 0 Å². The molecule has 1 heterocycles. The minimum absolute atomic E-state index is 0.110. The second kappa shape index (κ2) is 9.04. The molecular formula is C19H31N3O. The summed E-state index contributed by atoms with van der Waals surface area (Å²) in [6.45, 7) is 11.0. The van der Waals surface area contributed by atoms with Crippen molar-refractivity contribution in [2.24, 2.45) is 5.92 Å². The number of piperidine rings is 1. The van der Waals surface area contributed by atoms with Gasteiger partial charge in [-0.3, -0.25) is 9.69 Å². The molecule has 1 aromatic carbocycles. The van der Waals surface area contributed by atoms with Crippen molar-refractivity contribution in [3.05, 3.63) is 29.3 Å². The summed E-state index contributed by atoms with van der Waals surface area (Å²) in [6, 6.07) is 6.20. The van der Waals surface area contributed by atoms with Crippen LogP contribution in [0.25, 0.3) is 0 Å². The number of rotatable bonds is 7. The van der Waals surface area contributed by atoms with Gasteiger partial charge in [-0.2, -0.15) is 0 Å².